The molecule has 4 nitrogen and oxygen atoms in total. The summed E-state index contributed by atoms with van der Waals surface area (Å²) in [4.78, 5) is 4.73. The monoisotopic (exact) mass is 368 g/mol. The van der Waals surface area contributed by atoms with Gasteiger partial charge in [-0.05, 0) is 29.7 Å². The first-order valence-electron chi connectivity index (χ1n) is 8.83. The number of hydrogen-bond acceptors (Lipinski definition) is 4. The number of nitrogens with zero attached hydrogens (tertiary/aromatic N) is 1. The molecule has 0 aliphatic rings. The largest absolute Gasteiger partial charge is 0.380 e. The van der Waals surface area contributed by atoms with Gasteiger partial charge in [0.05, 0.1) is 11.3 Å². The van der Waals surface area contributed by atoms with E-state index in [0.717, 1.165) is 46.3 Å². The van der Waals surface area contributed by atoms with Crippen molar-refractivity contribution in [2.45, 2.75) is 32.1 Å². The number of fused-ring (bicyclic) bond motifs is 1. The maximum Gasteiger partial charge on any atom is 0.151 e. The van der Waals surface area contributed by atoms with Crippen molar-refractivity contribution in [3.05, 3.63) is 71.4 Å². The fourth-order valence-corrected chi connectivity index (χ4v) is 3.95. The first-order valence-corrected chi connectivity index (χ1v) is 10.9. The van der Waals surface area contributed by atoms with E-state index in [4.69, 9.17) is 4.98 Å². The number of pyridine rings is 1. The lowest BCUT2D eigenvalue weighted by Gasteiger charge is -2.14. The molecule has 0 saturated heterocycles. The average Bonchev–Trinajstić information content (AvgIpc) is 2.60. The third kappa shape index (κ3) is 4.61. The maximum atomic E-state index is 11.7. The van der Waals surface area contributed by atoms with E-state index in [1.165, 1.54) is 6.26 Å². The number of nitrogens with one attached hydrogen (secondary N) is 1. The van der Waals surface area contributed by atoms with Crippen LogP contribution in [0.1, 0.15) is 30.2 Å². The van der Waals surface area contributed by atoms with Crippen LogP contribution in [0.2, 0.25) is 0 Å². The highest BCUT2D eigenvalue weighted by Crippen LogP contribution is 2.25. The van der Waals surface area contributed by atoms with E-state index in [1.54, 1.807) is 0 Å². The predicted octanol–water partition coefficient (Wildman–Crippen LogP) is 4.34. The molecule has 3 rings (SSSR count). The van der Waals surface area contributed by atoms with E-state index in [-0.39, 0.29) is 5.75 Å². The lowest BCUT2D eigenvalue weighted by Crippen LogP contribution is -2.08. The van der Waals surface area contributed by atoms with Crippen molar-refractivity contribution < 1.29 is 8.42 Å². The standard InChI is InChI=1S/C21H24N2O2S/c1-3-8-18-13-21(19-11-6-7-12-20(19)23-18)22-14-16-9-4-5-10-17(16)15-26(2,24)25/h4-7,9-13H,3,8,14-15H2,1-2H3,(H,22,23). The van der Waals surface area contributed by atoms with Crippen molar-refractivity contribution in [2.24, 2.45) is 0 Å². The van der Waals surface area contributed by atoms with Gasteiger partial charge in [0.1, 0.15) is 0 Å². The van der Waals surface area contributed by atoms with E-state index in [0.29, 0.717) is 6.54 Å². The summed E-state index contributed by atoms with van der Waals surface area (Å²) in [7, 11) is -3.07. The summed E-state index contributed by atoms with van der Waals surface area (Å²) in [6.07, 6.45) is 3.25. The van der Waals surface area contributed by atoms with Crippen molar-refractivity contribution >= 4 is 26.4 Å². The molecule has 0 radical (unpaired) electrons. The highest BCUT2D eigenvalue weighted by Gasteiger charge is 2.10. The topological polar surface area (TPSA) is 59.1 Å². The number of aryl methyl sites for hydroxylation is 1. The Bertz CT molecular complexity index is 1010. The first-order chi connectivity index (χ1) is 12.5. The zero-order valence-electron chi connectivity index (χ0n) is 15.2. The minimum absolute atomic E-state index is 0.0586. The van der Waals surface area contributed by atoms with Crippen LogP contribution in [0.4, 0.5) is 5.69 Å². The van der Waals surface area contributed by atoms with Gasteiger partial charge in [0, 0.05) is 29.6 Å². The van der Waals surface area contributed by atoms with Gasteiger partial charge in [0.2, 0.25) is 0 Å². The molecule has 0 aliphatic heterocycles. The van der Waals surface area contributed by atoms with Crippen LogP contribution < -0.4 is 5.32 Å². The van der Waals surface area contributed by atoms with E-state index in [9.17, 15) is 8.42 Å². The number of benzene rings is 2. The van der Waals surface area contributed by atoms with Gasteiger partial charge < -0.3 is 5.32 Å². The molecule has 0 unspecified atom stereocenters. The lowest BCUT2D eigenvalue weighted by atomic mass is 10.1. The molecule has 1 N–H and O–H groups in total. The quantitative estimate of drug-likeness (QED) is 0.674. The summed E-state index contributed by atoms with van der Waals surface area (Å²) in [5, 5.41) is 4.57. The average molecular weight is 369 g/mol. The third-order valence-electron chi connectivity index (χ3n) is 4.28. The van der Waals surface area contributed by atoms with Gasteiger partial charge in [-0.15, -0.1) is 0 Å². The summed E-state index contributed by atoms with van der Waals surface area (Å²) < 4.78 is 23.4. The van der Waals surface area contributed by atoms with Crippen LogP contribution in [-0.2, 0) is 28.6 Å². The fourth-order valence-electron chi connectivity index (χ4n) is 3.10. The number of sulfone groups is 1. The number of hydrogen-bond donors (Lipinski definition) is 1. The molecule has 0 amide bonds. The van der Waals surface area contributed by atoms with Gasteiger partial charge in [-0.3, -0.25) is 4.98 Å². The first kappa shape index (κ1) is 18.4. The molecule has 136 valence electrons. The van der Waals surface area contributed by atoms with Gasteiger partial charge in [-0.25, -0.2) is 8.42 Å². The second-order valence-electron chi connectivity index (χ2n) is 6.62. The molecule has 1 aromatic heterocycles. The molecule has 0 fully saturated rings. The Morgan fingerprint density at radius 3 is 2.42 bits per heavy atom. The smallest absolute Gasteiger partial charge is 0.151 e. The Labute approximate surface area is 155 Å². The lowest BCUT2D eigenvalue weighted by molar-refractivity contribution is 0.601. The SMILES string of the molecule is CCCc1cc(NCc2ccccc2CS(C)(=O)=O)c2ccccc2n1. The van der Waals surface area contributed by atoms with Crippen molar-refractivity contribution in [2.75, 3.05) is 11.6 Å². The van der Waals surface area contributed by atoms with Crippen LogP contribution in [0.25, 0.3) is 10.9 Å². The molecule has 0 spiro atoms. The molecule has 3 aromatic rings. The van der Waals surface area contributed by atoms with Crippen molar-refractivity contribution in [3.8, 4) is 0 Å². The van der Waals surface area contributed by atoms with E-state index in [1.807, 2.05) is 42.5 Å². The van der Waals surface area contributed by atoms with Crippen LogP contribution >= 0.6 is 0 Å². The number of para-hydroxylation sites is 1. The van der Waals surface area contributed by atoms with E-state index < -0.39 is 9.84 Å². The van der Waals surface area contributed by atoms with Crippen molar-refractivity contribution in [1.82, 2.24) is 4.98 Å². The second kappa shape index (κ2) is 7.87. The Morgan fingerprint density at radius 2 is 1.69 bits per heavy atom. The highest BCUT2D eigenvalue weighted by molar-refractivity contribution is 7.89. The van der Waals surface area contributed by atoms with E-state index >= 15 is 0 Å². The molecule has 0 atom stereocenters. The summed E-state index contributed by atoms with van der Waals surface area (Å²) in [5.41, 5.74) is 4.92. The molecule has 0 aliphatic carbocycles. The van der Waals surface area contributed by atoms with Gasteiger partial charge in [0.15, 0.2) is 9.84 Å². The highest BCUT2D eigenvalue weighted by atomic mass is 32.2. The van der Waals surface area contributed by atoms with Crippen LogP contribution in [0.5, 0.6) is 0 Å². The number of aromatic nitrogens is 1. The Balaban J connectivity index is 1.91. The molecular formula is C21H24N2O2S. The van der Waals surface area contributed by atoms with Crippen molar-refractivity contribution in [1.29, 1.82) is 0 Å². The van der Waals surface area contributed by atoms with Crippen LogP contribution in [0, 0.1) is 0 Å². The normalized spacial score (nSPS) is 11.6. The minimum atomic E-state index is -3.07. The number of rotatable bonds is 7. The molecule has 5 heteroatoms. The van der Waals surface area contributed by atoms with Gasteiger partial charge in [0.25, 0.3) is 0 Å². The fraction of sp³-hybridized carbons (Fsp3) is 0.286. The van der Waals surface area contributed by atoms with Crippen LogP contribution in [-0.4, -0.2) is 19.7 Å². The summed E-state index contributed by atoms with van der Waals surface area (Å²) >= 11 is 0. The van der Waals surface area contributed by atoms with Gasteiger partial charge in [-0.2, -0.15) is 0 Å². The van der Waals surface area contributed by atoms with E-state index in [2.05, 4.69) is 24.4 Å². The maximum absolute atomic E-state index is 11.7. The second-order valence-corrected chi connectivity index (χ2v) is 8.76. The predicted molar refractivity (Wildman–Crippen MR) is 108 cm³/mol. The molecule has 26 heavy (non-hydrogen) atoms. The summed E-state index contributed by atoms with van der Waals surface area (Å²) in [6, 6.07) is 17.9. The molecule has 0 saturated carbocycles. The Morgan fingerprint density at radius 1 is 1.00 bits per heavy atom. The minimum Gasteiger partial charge on any atom is -0.380 e. The third-order valence-corrected chi connectivity index (χ3v) is 5.12. The number of anilines is 1. The van der Waals surface area contributed by atoms with Gasteiger partial charge in [-0.1, -0.05) is 55.8 Å². The van der Waals surface area contributed by atoms with Crippen molar-refractivity contribution in [3.63, 3.8) is 0 Å². The zero-order chi connectivity index (χ0) is 18.6. The molecule has 0 bridgehead atoms. The summed E-state index contributed by atoms with van der Waals surface area (Å²) in [5.74, 6) is 0.0586. The molecule has 2 aromatic carbocycles. The van der Waals surface area contributed by atoms with Crippen LogP contribution in [0.15, 0.2) is 54.6 Å². The van der Waals surface area contributed by atoms with Crippen LogP contribution in [0.3, 0.4) is 0 Å². The summed E-state index contributed by atoms with van der Waals surface area (Å²) in [6.45, 7) is 2.72. The molecular weight excluding hydrogens is 344 g/mol. The van der Waals surface area contributed by atoms with Gasteiger partial charge >= 0.3 is 0 Å². The Hall–Kier alpha value is -2.40. The Kier molecular flexibility index (Phi) is 5.57. The zero-order valence-corrected chi connectivity index (χ0v) is 16.0. The molecule has 1 heterocycles.